The van der Waals surface area contributed by atoms with Gasteiger partial charge in [0.05, 0.1) is 23.6 Å². The highest BCUT2D eigenvalue weighted by molar-refractivity contribution is 5.78. The maximum absolute atomic E-state index is 6.01. The van der Waals surface area contributed by atoms with Gasteiger partial charge in [-0.1, -0.05) is 30.3 Å². The Hall–Kier alpha value is -2.59. The van der Waals surface area contributed by atoms with Crippen molar-refractivity contribution < 1.29 is 4.42 Å². The molecule has 0 bridgehead atoms. The van der Waals surface area contributed by atoms with E-state index >= 15 is 0 Å². The van der Waals surface area contributed by atoms with Gasteiger partial charge in [-0.15, -0.1) is 0 Å². The van der Waals surface area contributed by atoms with E-state index in [0.29, 0.717) is 0 Å². The van der Waals surface area contributed by atoms with Crippen molar-refractivity contribution in [3.63, 3.8) is 0 Å². The van der Waals surface area contributed by atoms with E-state index in [1.165, 1.54) is 0 Å². The lowest BCUT2D eigenvalue weighted by molar-refractivity contribution is 0.220. The highest BCUT2D eigenvalue weighted by atomic mass is 16.3. The molecule has 4 nitrogen and oxygen atoms in total. The molecule has 2 aromatic carbocycles. The van der Waals surface area contributed by atoms with Crippen LogP contribution in [-0.4, -0.2) is 21.5 Å². The Morgan fingerprint density at radius 3 is 2.67 bits per heavy atom. The quantitative estimate of drug-likeness (QED) is 0.555. The molecule has 0 saturated heterocycles. The van der Waals surface area contributed by atoms with Crippen LogP contribution < -0.4 is 0 Å². The Bertz CT molecular complexity index is 965. The molecule has 0 aliphatic carbocycles. The first-order valence-electron chi connectivity index (χ1n) is 8.22. The third-order valence-corrected chi connectivity index (χ3v) is 4.79. The molecular weight excluding hydrogens is 298 g/mol. The monoisotopic (exact) mass is 319 g/mol. The van der Waals surface area contributed by atoms with E-state index in [1.54, 1.807) is 0 Å². The van der Waals surface area contributed by atoms with Crippen LogP contribution in [0.4, 0.5) is 0 Å². The van der Waals surface area contributed by atoms with Gasteiger partial charge >= 0.3 is 0 Å². The zero-order valence-corrected chi connectivity index (χ0v) is 14.2. The molecule has 0 aliphatic rings. The van der Waals surface area contributed by atoms with E-state index in [9.17, 15) is 0 Å². The fraction of sp³-hybridized carbons (Fsp3) is 0.250. The summed E-state index contributed by atoms with van der Waals surface area (Å²) in [6.45, 7) is 2.93. The van der Waals surface area contributed by atoms with E-state index < -0.39 is 0 Å². The second kappa shape index (κ2) is 5.80. The lowest BCUT2D eigenvalue weighted by atomic mass is 10.2. The molecule has 0 saturated carbocycles. The molecule has 0 spiro atoms. The van der Waals surface area contributed by atoms with Crippen LogP contribution in [0.3, 0.4) is 0 Å². The minimum absolute atomic E-state index is 0.178. The summed E-state index contributed by atoms with van der Waals surface area (Å²) in [6, 6.07) is 18.7. The minimum Gasteiger partial charge on any atom is -0.459 e. The lowest BCUT2D eigenvalue weighted by Crippen LogP contribution is -2.23. The van der Waals surface area contributed by atoms with Crippen molar-refractivity contribution in [2.75, 3.05) is 7.05 Å². The second-order valence-corrected chi connectivity index (χ2v) is 6.35. The van der Waals surface area contributed by atoms with Crippen molar-refractivity contribution in [3.8, 4) is 0 Å². The van der Waals surface area contributed by atoms with E-state index in [4.69, 9.17) is 9.40 Å². The molecule has 122 valence electrons. The van der Waals surface area contributed by atoms with Gasteiger partial charge in [-0.3, -0.25) is 4.90 Å². The topological polar surface area (TPSA) is 34.2 Å². The first-order chi connectivity index (χ1) is 11.6. The SMILES string of the molecule is CC(c1cc2ccccc2o1)N(C)Cc1nc2ccccc2n1C. The summed E-state index contributed by atoms with van der Waals surface area (Å²) in [6.07, 6.45) is 0. The largest absolute Gasteiger partial charge is 0.459 e. The van der Waals surface area contributed by atoms with Crippen LogP contribution in [0.1, 0.15) is 24.6 Å². The number of imidazole rings is 1. The van der Waals surface area contributed by atoms with Gasteiger partial charge in [0.2, 0.25) is 0 Å². The molecule has 0 radical (unpaired) electrons. The molecule has 24 heavy (non-hydrogen) atoms. The molecule has 0 aliphatic heterocycles. The van der Waals surface area contributed by atoms with Gasteiger partial charge in [-0.2, -0.15) is 0 Å². The van der Waals surface area contributed by atoms with Crippen molar-refractivity contribution in [2.45, 2.75) is 19.5 Å². The second-order valence-electron chi connectivity index (χ2n) is 6.35. The average molecular weight is 319 g/mol. The maximum atomic E-state index is 6.01. The zero-order valence-electron chi connectivity index (χ0n) is 14.2. The average Bonchev–Trinajstić information content (AvgIpc) is 3.16. The van der Waals surface area contributed by atoms with Crippen LogP contribution >= 0.6 is 0 Å². The number of nitrogens with zero attached hydrogens (tertiary/aromatic N) is 3. The molecule has 0 amide bonds. The molecule has 4 rings (SSSR count). The minimum atomic E-state index is 0.178. The van der Waals surface area contributed by atoms with E-state index in [-0.39, 0.29) is 6.04 Å². The van der Waals surface area contributed by atoms with Crippen LogP contribution in [0.25, 0.3) is 22.0 Å². The Kier molecular flexibility index (Phi) is 3.62. The summed E-state index contributed by atoms with van der Waals surface area (Å²) >= 11 is 0. The number of para-hydroxylation sites is 3. The third-order valence-electron chi connectivity index (χ3n) is 4.79. The van der Waals surface area contributed by atoms with Gasteiger partial charge in [-0.25, -0.2) is 4.98 Å². The van der Waals surface area contributed by atoms with E-state index in [0.717, 1.165) is 40.1 Å². The molecule has 0 N–H and O–H groups in total. The molecule has 0 fully saturated rings. The number of fused-ring (bicyclic) bond motifs is 2. The Balaban J connectivity index is 1.60. The first kappa shape index (κ1) is 15.0. The summed E-state index contributed by atoms with van der Waals surface area (Å²) in [5.41, 5.74) is 3.15. The highest BCUT2D eigenvalue weighted by Gasteiger charge is 2.18. The number of furan rings is 1. The standard InChI is InChI=1S/C20H21N3O/c1-14(19-12-15-8-4-7-11-18(15)24-19)22(2)13-20-21-16-9-5-6-10-17(16)23(20)3/h4-12,14H,13H2,1-3H3. The number of benzene rings is 2. The van der Waals surface area contributed by atoms with E-state index in [1.807, 2.05) is 24.3 Å². The van der Waals surface area contributed by atoms with Crippen LogP contribution in [0.2, 0.25) is 0 Å². The van der Waals surface area contributed by atoms with E-state index in [2.05, 4.69) is 60.8 Å². The molecule has 2 aromatic heterocycles. The van der Waals surface area contributed by atoms with Crippen LogP contribution in [0.5, 0.6) is 0 Å². The summed E-state index contributed by atoms with van der Waals surface area (Å²) in [7, 11) is 4.18. The first-order valence-corrected chi connectivity index (χ1v) is 8.22. The van der Waals surface area contributed by atoms with Crippen LogP contribution in [-0.2, 0) is 13.6 Å². The fourth-order valence-corrected chi connectivity index (χ4v) is 3.12. The third kappa shape index (κ3) is 2.49. The smallest absolute Gasteiger partial charge is 0.134 e. The summed E-state index contributed by atoms with van der Waals surface area (Å²) < 4.78 is 8.17. The normalized spacial score (nSPS) is 13.2. The van der Waals surface area contributed by atoms with Crippen LogP contribution in [0, 0.1) is 0 Å². The number of hydrogen-bond acceptors (Lipinski definition) is 3. The van der Waals surface area contributed by atoms with Crippen molar-refractivity contribution in [1.82, 2.24) is 14.5 Å². The summed E-state index contributed by atoms with van der Waals surface area (Å²) in [5.74, 6) is 2.04. The van der Waals surface area contributed by atoms with Crippen molar-refractivity contribution in [2.24, 2.45) is 7.05 Å². The Morgan fingerprint density at radius 1 is 1.12 bits per heavy atom. The van der Waals surface area contributed by atoms with Crippen LogP contribution in [0.15, 0.2) is 59.0 Å². The number of rotatable bonds is 4. The molecule has 1 unspecified atom stereocenters. The van der Waals surface area contributed by atoms with Gasteiger partial charge in [0.1, 0.15) is 17.2 Å². The fourth-order valence-electron chi connectivity index (χ4n) is 3.12. The van der Waals surface area contributed by atoms with Gasteiger partial charge in [-0.05, 0) is 38.2 Å². The molecule has 4 heteroatoms. The Labute approximate surface area is 141 Å². The molecular formula is C20H21N3O. The summed E-state index contributed by atoms with van der Waals surface area (Å²) in [5, 5.41) is 1.15. The maximum Gasteiger partial charge on any atom is 0.134 e. The van der Waals surface area contributed by atoms with Gasteiger partial charge in [0.15, 0.2) is 0 Å². The van der Waals surface area contributed by atoms with Gasteiger partial charge in [0.25, 0.3) is 0 Å². The predicted molar refractivity (Wildman–Crippen MR) is 96.8 cm³/mol. The highest BCUT2D eigenvalue weighted by Crippen LogP contribution is 2.27. The number of hydrogen-bond donors (Lipinski definition) is 0. The zero-order chi connectivity index (χ0) is 16.7. The van der Waals surface area contributed by atoms with Crippen molar-refractivity contribution >= 4 is 22.0 Å². The van der Waals surface area contributed by atoms with Crippen molar-refractivity contribution in [1.29, 1.82) is 0 Å². The number of aromatic nitrogens is 2. The van der Waals surface area contributed by atoms with Gasteiger partial charge in [0, 0.05) is 12.4 Å². The molecule has 1 atom stereocenters. The predicted octanol–water partition coefficient (Wildman–Crippen LogP) is 4.51. The number of aryl methyl sites for hydroxylation is 1. The van der Waals surface area contributed by atoms with Gasteiger partial charge < -0.3 is 8.98 Å². The lowest BCUT2D eigenvalue weighted by Gasteiger charge is -2.22. The van der Waals surface area contributed by atoms with Crippen molar-refractivity contribution in [3.05, 3.63) is 66.2 Å². The Morgan fingerprint density at radius 2 is 1.88 bits per heavy atom. The summed E-state index contributed by atoms with van der Waals surface area (Å²) in [4.78, 5) is 7.02. The molecule has 2 heterocycles. The molecule has 4 aromatic rings.